The summed E-state index contributed by atoms with van der Waals surface area (Å²) in [6.07, 6.45) is 0.736. The van der Waals surface area contributed by atoms with Gasteiger partial charge in [-0.15, -0.1) is 0 Å². The first-order valence-electron chi connectivity index (χ1n) is 7.37. The first-order valence-corrected chi connectivity index (χ1v) is 7.37. The first-order chi connectivity index (χ1) is 12.1. The van der Waals surface area contributed by atoms with Crippen molar-refractivity contribution in [1.82, 2.24) is 5.32 Å². The van der Waals surface area contributed by atoms with E-state index in [1.165, 1.54) is 12.2 Å². The van der Waals surface area contributed by atoms with Gasteiger partial charge in [-0.1, -0.05) is 31.4 Å². The number of hydrogen-bond acceptors (Lipinski definition) is 2. The Morgan fingerprint density at radius 2 is 1.96 bits per heavy atom. The highest BCUT2D eigenvalue weighted by Gasteiger charge is 2.31. The second kappa shape index (κ2) is 8.81. The molecule has 0 aliphatic heterocycles. The number of carbonyl (C=O) groups is 1. The van der Waals surface area contributed by atoms with E-state index in [9.17, 15) is 22.4 Å². The van der Waals surface area contributed by atoms with Crippen LogP contribution in [0.15, 0.2) is 60.7 Å². The van der Waals surface area contributed by atoms with Gasteiger partial charge in [0.1, 0.15) is 17.5 Å². The van der Waals surface area contributed by atoms with E-state index < -0.39 is 35.1 Å². The molecule has 0 radical (unpaired) electrons. The van der Waals surface area contributed by atoms with Gasteiger partial charge in [0.05, 0.1) is 11.6 Å². The summed E-state index contributed by atoms with van der Waals surface area (Å²) >= 11 is 0. The Labute approximate surface area is 148 Å². The molecule has 136 valence electrons. The number of carbonyl (C=O) groups excluding carboxylic acids is 1. The van der Waals surface area contributed by atoms with Crippen LogP contribution in [0.4, 0.5) is 17.6 Å². The summed E-state index contributed by atoms with van der Waals surface area (Å²) in [5.74, 6) is -1.94. The molecule has 0 aliphatic carbocycles. The fourth-order valence-corrected chi connectivity index (χ4v) is 2.06. The molecule has 1 amide bonds. The van der Waals surface area contributed by atoms with E-state index in [0.29, 0.717) is 17.7 Å². The lowest BCUT2D eigenvalue weighted by molar-refractivity contribution is -0.137. The Kier molecular flexibility index (Phi) is 7.08. The maximum atomic E-state index is 13.4. The molecule has 0 spiro atoms. The molecule has 0 unspecified atom stereocenters. The van der Waals surface area contributed by atoms with Crippen molar-refractivity contribution in [2.75, 3.05) is 0 Å². The van der Waals surface area contributed by atoms with Crippen LogP contribution in [-0.2, 0) is 11.0 Å². The zero-order valence-electron chi connectivity index (χ0n) is 13.9. The predicted molar refractivity (Wildman–Crippen MR) is 91.1 cm³/mol. The number of allylic oxidation sites excluding steroid dienone is 2. The number of rotatable bonds is 6. The minimum atomic E-state index is -4.75. The number of hydrogen-bond donors (Lipinski definition) is 1. The highest BCUT2D eigenvalue weighted by Crippen LogP contribution is 2.30. The SMILES string of the molecule is C=C/C=C(\C=C)[C@H](C)NC(=O)/C(C#N)=C/c1cc(F)cc(C(F)(F)F)c1. The topological polar surface area (TPSA) is 52.9 Å². The number of amides is 1. The van der Waals surface area contributed by atoms with Crippen molar-refractivity contribution in [3.8, 4) is 6.07 Å². The van der Waals surface area contributed by atoms with Gasteiger partial charge in [-0.25, -0.2) is 4.39 Å². The van der Waals surface area contributed by atoms with E-state index in [1.54, 1.807) is 19.1 Å². The minimum Gasteiger partial charge on any atom is -0.345 e. The van der Waals surface area contributed by atoms with Gasteiger partial charge in [0, 0.05) is 0 Å². The van der Waals surface area contributed by atoms with E-state index in [0.717, 1.165) is 12.1 Å². The standard InChI is InChI=1S/C19H16F4N2O/c1-4-6-14(5-2)12(3)25-18(26)15(11-24)7-13-8-16(19(21,22)23)10-17(20)9-13/h4-10,12H,1-2H2,3H3,(H,25,26)/b14-6+,15-7+/t12-/m0/s1. The molecule has 1 N–H and O–H groups in total. The van der Waals surface area contributed by atoms with Crippen LogP contribution in [0.25, 0.3) is 6.08 Å². The molecule has 26 heavy (non-hydrogen) atoms. The fraction of sp³-hybridized carbons (Fsp3) is 0.158. The molecule has 3 nitrogen and oxygen atoms in total. The number of alkyl halides is 3. The Hall–Kier alpha value is -3.14. The zero-order chi connectivity index (χ0) is 19.9. The van der Waals surface area contributed by atoms with Crippen molar-refractivity contribution in [1.29, 1.82) is 5.26 Å². The van der Waals surface area contributed by atoms with Crippen molar-refractivity contribution >= 4 is 12.0 Å². The second-order valence-corrected chi connectivity index (χ2v) is 5.24. The highest BCUT2D eigenvalue weighted by molar-refractivity contribution is 6.02. The van der Waals surface area contributed by atoms with E-state index in [2.05, 4.69) is 18.5 Å². The molecule has 0 saturated carbocycles. The average molecular weight is 364 g/mol. The normalized spacial score (nSPS) is 13.5. The average Bonchev–Trinajstić information content (AvgIpc) is 2.55. The van der Waals surface area contributed by atoms with Crippen LogP contribution >= 0.6 is 0 Å². The molecule has 0 aliphatic rings. The Morgan fingerprint density at radius 3 is 2.46 bits per heavy atom. The van der Waals surface area contributed by atoms with Crippen LogP contribution in [-0.4, -0.2) is 11.9 Å². The van der Waals surface area contributed by atoms with Crippen molar-refractivity contribution in [2.24, 2.45) is 0 Å². The van der Waals surface area contributed by atoms with Crippen LogP contribution in [0.2, 0.25) is 0 Å². The quantitative estimate of drug-likeness (QED) is 0.348. The number of nitriles is 1. The molecule has 1 rings (SSSR count). The maximum absolute atomic E-state index is 13.4. The third-order valence-electron chi connectivity index (χ3n) is 3.32. The van der Waals surface area contributed by atoms with Crippen LogP contribution in [0.3, 0.4) is 0 Å². The molecule has 1 aromatic rings. The molecule has 0 saturated heterocycles. The van der Waals surface area contributed by atoms with Gasteiger partial charge < -0.3 is 5.32 Å². The summed E-state index contributed by atoms with van der Waals surface area (Å²) in [4.78, 5) is 12.2. The van der Waals surface area contributed by atoms with Crippen LogP contribution in [0, 0.1) is 17.1 Å². The smallest absolute Gasteiger partial charge is 0.345 e. The largest absolute Gasteiger partial charge is 0.416 e. The molecular formula is C19H16F4N2O. The lowest BCUT2D eigenvalue weighted by Gasteiger charge is -2.14. The second-order valence-electron chi connectivity index (χ2n) is 5.24. The monoisotopic (exact) mass is 364 g/mol. The number of nitrogens with one attached hydrogen (secondary N) is 1. The lowest BCUT2D eigenvalue weighted by Crippen LogP contribution is -2.34. The third kappa shape index (κ3) is 5.74. The molecule has 1 atom stereocenters. The predicted octanol–water partition coefficient (Wildman–Crippen LogP) is 4.55. The summed E-state index contributed by atoms with van der Waals surface area (Å²) in [7, 11) is 0. The van der Waals surface area contributed by atoms with Crippen molar-refractivity contribution in [3.63, 3.8) is 0 Å². The summed E-state index contributed by atoms with van der Waals surface area (Å²) in [5.41, 5.74) is -1.30. The van der Waals surface area contributed by atoms with Crippen LogP contribution < -0.4 is 5.32 Å². The van der Waals surface area contributed by atoms with Crippen LogP contribution in [0.5, 0.6) is 0 Å². The number of nitrogens with zero attached hydrogens (tertiary/aromatic N) is 1. The van der Waals surface area contributed by atoms with E-state index >= 15 is 0 Å². The highest BCUT2D eigenvalue weighted by atomic mass is 19.4. The number of benzene rings is 1. The molecule has 1 aromatic carbocycles. The lowest BCUT2D eigenvalue weighted by atomic mass is 10.1. The molecule has 0 aromatic heterocycles. The minimum absolute atomic E-state index is 0.248. The van der Waals surface area contributed by atoms with Crippen molar-refractivity contribution in [2.45, 2.75) is 19.1 Å². The maximum Gasteiger partial charge on any atom is 0.416 e. The summed E-state index contributed by atoms with van der Waals surface area (Å²) in [5, 5.41) is 11.6. The van der Waals surface area contributed by atoms with Crippen LogP contribution in [0.1, 0.15) is 18.1 Å². The Bertz CT molecular complexity index is 814. The summed E-state index contributed by atoms with van der Waals surface area (Å²) in [6.45, 7) is 8.75. The van der Waals surface area contributed by atoms with Crippen molar-refractivity contribution in [3.05, 3.63) is 77.7 Å². The first kappa shape index (κ1) is 20.9. The molecule has 0 bridgehead atoms. The Morgan fingerprint density at radius 1 is 1.31 bits per heavy atom. The molecule has 0 fully saturated rings. The van der Waals surface area contributed by atoms with Crippen molar-refractivity contribution < 1.29 is 22.4 Å². The fourth-order valence-electron chi connectivity index (χ4n) is 2.06. The molecular weight excluding hydrogens is 348 g/mol. The van der Waals surface area contributed by atoms with E-state index in [4.69, 9.17) is 5.26 Å². The van der Waals surface area contributed by atoms with Gasteiger partial charge >= 0.3 is 6.18 Å². The van der Waals surface area contributed by atoms with Gasteiger partial charge in [-0.2, -0.15) is 18.4 Å². The van der Waals surface area contributed by atoms with Gasteiger partial charge in [-0.05, 0) is 42.3 Å². The number of halogens is 4. The van der Waals surface area contributed by atoms with Gasteiger partial charge in [0.25, 0.3) is 5.91 Å². The third-order valence-corrected chi connectivity index (χ3v) is 3.32. The summed E-state index contributed by atoms with van der Waals surface area (Å²) < 4.78 is 51.6. The molecule has 0 heterocycles. The van der Waals surface area contributed by atoms with Gasteiger partial charge in [0.15, 0.2) is 0 Å². The molecule has 7 heteroatoms. The van der Waals surface area contributed by atoms with Gasteiger partial charge in [0.2, 0.25) is 0 Å². The van der Waals surface area contributed by atoms with E-state index in [-0.39, 0.29) is 5.56 Å². The van der Waals surface area contributed by atoms with E-state index in [1.807, 2.05) is 0 Å². The van der Waals surface area contributed by atoms with Gasteiger partial charge in [-0.3, -0.25) is 4.79 Å². The Balaban J connectivity index is 3.16. The summed E-state index contributed by atoms with van der Waals surface area (Å²) in [6, 6.07) is 2.88. The zero-order valence-corrected chi connectivity index (χ0v) is 13.9.